The van der Waals surface area contributed by atoms with E-state index in [1.54, 1.807) is 12.1 Å². The van der Waals surface area contributed by atoms with Crippen molar-refractivity contribution in [2.45, 2.75) is 34.5 Å². The van der Waals surface area contributed by atoms with Crippen LogP contribution >= 0.6 is 11.3 Å². The van der Waals surface area contributed by atoms with Crippen LogP contribution in [0.5, 0.6) is 0 Å². The van der Waals surface area contributed by atoms with Crippen molar-refractivity contribution in [1.29, 1.82) is 0 Å². The van der Waals surface area contributed by atoms with E-state index in [2.05, 4.69) is 15.3 Å². The molecule has 0 aliphatic rings. The van der Waals surface area contributed by atoms with Crippen molar-refractivity contribution >= 4 is 46.9 Å². The summed E-state index contributed by atoms with van der Waals surface area (Å²) in [7, 11) is -7.63. The van der Waals surface area contributed by atoms with Gasteiger partial charge in [-0.3, -0.25) is 0 Å². The number of hydrogen-bond acceptors (Lipinski definition) is 7. The number of thiazole rings is 1. The first-order valence-corrected chi connectivity index (χ1v) is 14.0. The summed E-state index contributed by atoms with van der Waals surface area (Å²) in [5.74, 6) is -0.153. The first kappa shape index (κ1) is 22.5. The van der Waals surface area contributed by atoms with Crippen molar-refractivity contribution in [1.82, 2.24) is 9.97 Å². The van der Waals surface area contributed by atoms with E-state index in [0.717, 1.165) is 33.4 Å². The third-order valence-electron chi connectivity index (χ3n) is 5.16. The van der Waals surface area contributed by atoms with E-state index in [0.29, 0.717) is 13.0 Å². The number of nitrogens with zero attached hydrogens (tertiary/aromatic N) is 1. The summed E-state index contributed by atoms with van der Waals surface area (Å²) in [6.45, 7) is 3.80. The fourth-order valence-electron chi connectivity index (χ4n) is 3.32. The van der Waals surface area contributed by atoms with Gasteiger partial charge in [0.25, 0.3) is 0 Å². The number of aryl methyl sites for hydroxylation is 1. The van der Waals surface area contributed by atoms with Crippen molar-refractivity contribution in [3.63, 3.8) is 0 Å². The molecule has 2 heterocycles. The minimum absolute atomic E-state index is 0.0773. The highest BCUT2D eigenvalue weighted by Gasteiger charge is 2.30. The second-order valence-corrected chi connectivity index (χ2v) is 12.7. The molecule has 0 radical (unpaired) electrons. The third-order valence-corrected chi connectivity index (χ3v) is 10.2. The first-order chi connectivity index (χ1) is 15.2. The Balaban J connectivity index is 1.66. The van der Waals surface area contributed by atoms with E-state index in [1.807, 2.05) is 37.4 Å². The summed E-state index contributed by atoms with van der Waals surface area (Å²) in [6, 6.07) is 14.3. The minimum atomic E-state index is -3.99. The molecule has 32 heavy (non-hydrogen) atoms. The van der Waals surface area contributed by atoms with Gasteiger partial charge >= 0.3 is 0 Å². The van der Waals surface area contributed by atoms with Crippen LogP contribution in [0.15, 0.2) is 69.0 Å². The molecule has 4 aromatic rings. The quantitative estimate of drug-likeness (QED) is 0.384. The van der Waals surface area contributed by atoms with Crippen molar-refractivity contribution in [2.24, 2.45) is 0 Å². The van der Waals surface area contributed by atoms with Gasteiger partial charge in [0.05, 0.1) is 10.6 Å². The molecule has 0 atom stereocenters. The van der Waals surface area contributed by atoms with E-state index >= 15 is 0 Å². The first-order valence-electron chi connectivity index (χ1n) is 10.1. The van der Waals surface area contributed by atoms with Crippen molar-refractivity contribution in [3.8, 4) is 0 Å². The predicted molar refractivity (Wildman–Crippen MR) is 127 cm³/mol. The second kappa shape index (κ2) is 8.68. The van der Waals surface area contributed by atoms with Gasteiger partial charge in [-0.25, -0.2) is 21.8 Å². The van der Waals surface area contributed by atoms with Crippen LogP contribution < -0.4 is 5.32 Å². The lowest BCUT2D eigenvalue weighted by Crippen LogP contribution is -2.10. The van der Waals surface area contributed by atoms with Gasteiger partial charge in [0.2, 0.25) is 24.0 Å². The van der Waals surface area contributed by atoms with Crippen LogP contribution in [0.1, 0.15) is 18.1 Å². The lowest BCUT2D eigenvalue weighted by Gasteiger charge is -2.07. The molecular weight excluding hydrogens is 466 g/mol. The highest BCUT2D eigenvalue weighted by molar-refractivity contribution is 7.94. The number of aromatic amines is 1. The number of nitrogens with one attached hydrogen (secondary N) is 2. The maximum Gasteiger partial charge on any atom is 0.226 e. The number of aromatic nitrogens is 2. The molecular formula is C22H23N3O4S3. The summed E-state index contributed by atoms with van der Waals surface area (Å²) in [6.07, 6.45) is 2.55. The Morgan fingerprint density at radius 2 is 1.75 bits per heavy atom. The Labute approximate surface area is 191 Å². The second-order valence-electron chi connectivity index (χ2n) is 7.37. The van der Waals surface area contributed by atoms with Crippen LogP contribution in [0.4, 0.5) is 5.00 Å². The molecule has 2 N–H and O–H groups in total. The summed E-state index contributed by atoms with van der Waals surface area (Å²) < 4.78 is 51.1. The Morgan fingerprint density at radius 1 is 1.03 bits per heavy atom. The van der Waals surface area contributed by atoms with Crippen LogP contribution in [0.2, 0.25) is 0 Å². The molecule has 4 rings (SSSR count). The van der Waals surface area contributed by atoms with E-state index in [-0.39, 0.29) is 25.0 Å². The van der Waals surface area contributed by atoms with Crippen molar-refractivity contribution in [2.75, 3.05) is 17.6 Å². The molecule has 0 unspecified atom stereocenters. The molecule has 0 bridgehead atoms. The smallest absolute Gasteiger partial charge is 0.226 e. The minimum Gasteiger partial charge on any atom is -0.374 e. The number of rotatable bonds is 8. The number of hydrogen-bond donors (Lipinski definition) is 2. The highest BCUT2D eigenvalue weighted by Crippen LogP contribution is 2.35. The molecule has 0 saturated carbocycles. The monoisotopic (exact) mass is 489 g/mol. The Hall–Kier alpha value is -2.69. The summed E-state index contributed by atoms with van der Waals surface area (Å²) in [5, 5.41) is 4.20. The molecule has 0 fully saturated rings. The molecule has 0 saturated heterocycles. The highest BCUT2D eigenvalue weighted by atomic mass is 32.2. The van der Waals surface area contributed by atoms with Crippen LogP contribution in [0.25, 0.3) is 10.9 Å². The van der Waals surface area contributed by atoms with Crippen molar-refractivity contribution in [3.05, 3.63) is 65.9 Å². The van der Waals surface area contributed by atoms with E-state index in [4.69, 9.17) is 0 Å². The Morgan fingerprint density at radius 3 is 2.47 bits per heavy atom. The average Bonchev–Trinajstić information content (AvgIpc) is 3.40. The van der Waals surface area contributed by atoms with Crippen LogP contribution in [-0.2, 0) is 26.1 Å². The lowest BCUT2D eigenvalue weighted by molar-refractivity contribution is 0.590. The van der Waals surface area contributed by atoms with Gasteiger partial charge < -0.3 is 10.3 Å². The fourth-order valence-corrected chi connectivity index (χ4v) is 7.34. The van der Waals surface area contributed by atoms with Gasteiger partial charge in [0, 0.05) is 23.6 Å². The fraction of sp³-hybridized carbons (Fsp3) is 0.227. The zero-order chi connectivity index (χ0) is 22.9. The lowest BCUT2D eigenvalue weighted by atomic mass is 10.1. The normalized spacial score (nSPS) is 12.3. The molecule has 7 nitrogen and oxygen atoms in total. The largest absolute Gasteiger partial charge is 0.374 e. The van der Waals surface area contributed by atoms with E-state index in [9.17, 15) is 16.8 Å². The maximum absolute atomic E-state index is 13.3. The van der Waals surface area contributed by atoms with Crippen LogP contribution in [-0.4, -0.2) is 39.1 Å². The number of anilines is 1. The summed E-state index contributed by atoms with van der Waals surface area (Å²) in [4.78, 5) is 7.36. The Bertz CT molecular complexity index is 1470. The van der Waals surface area contributed by atoms with Crippen LogP contribution in [0.3, 0.4) is 0 Å². The number of H-pyrrole nitrogens is 1. The molecule has 168 valence electrons. The third kappa shape index (κ3) is 4.30. The number of para-hydroxylation sites is 1. The van der Waals surface area contributed by atoms with Crippen LogP contribution in [0, 0.1) is 6.92 Å². The number of sulfone groups is 2. The molecule has 0 spiro atoms. The van der Waals surface area contributed by atoms with Gasteiger partial charge in [-0.15, -0.1) is 0 Å². The van der Waals surface area contributed by atoms with Gasteiger partial charge in [-0.1, -0.05) is 54.2 Å². The molecule has 0 aliphatic carbocycles. The molecule has 10 heteroatoms. The molecule has 2 aromatic heterocycles. The predicted octanol–water partition coefficient (Wildman–Crippen LogP) is 4.21. The molecule has 0 aliphatic heterocycles. The zero-order valence-corrected chi connectivity index (χ0v) is 20.1. The number of benzene rings is 2. The molecule has 0 amide bonds. The van der Waals surface area contributed by atoms with Gasteiger partial charge in [-0.2, -0.15) is 0 Å². The summed E-state index contributed by atoms with van der Waals surface area (Å²) in [5.41, 5.74) is 3.04. The average molecular weight is 490 g/mol. The maximum atomic E-state index is 13.3. The van der Waals surface area contributed by atoms with E-state index < -0.39 is 19.7 Å². The topological polar surface area (TPSA) is 109 Å². The van der Waals surface area contributed by atoms with E-state index in [1.165, 1.54) is 19.1 Å². The Kier molecular flexibility index (Phi) is 6.11. The summed E-state index contributed by atoms with van der Waals surface area (Å²) >= 11 is 0.859. The van der Waals surface area contributed by atoms with Gasteiger partial charge in [0.1, 0.15) is 5.00 Å². The standard InChI is InChI=1S/C22H23N3O4S3/c1-3-31(26,27)22-25-21(32(28,29)17-10-8-15(2)9-11-17)20(30-22)23-13-12-16-14-24-19-7-5-4-6-18(16)19/h4-11,14,23-24H,3,12-13H2,1-2H3. The SMILES string of the molecule is CCS(=O)(=O)c1nc(S(=O)(=O)c2ccc(C)cc2)c(NCCc2c[nH]c3ccccc23)s1. The zero-order valence-electron chi connectivity index (χ0n) is 17.6. The van der Waals surface area contributed by atoms with Crippen molar-refractivity contribution < 1.29 is 16.8 Å². The van der Waals surface area contributed by atoms with Gasteiger partial charge in [-0.05, 0) is 37.1 Å². The van der Waals surface area contributed by atoms with Gasteiger partial charge in [0.15, 0.2) is 5.03 Å². The molecule has 2 aromatic carbocycles. The number of fused-ring (bicyclic) bond motifs is 1.